The second-order valence-corrected chi connectivity index (χ2v) is 4.86. The Bertz CT molecular complexity index is 445. The van der Waals surface area contributed by atoms with E-state index in [4.69, 9.17) is 9.47 Å². The lowest BCUT2D eigenvalue weighted by Gasteiger charge is -2.07. The van der Waals surface area contributed by atoms with E-state index < -0.39 is 11.9 Å². The van der Waals surface area contributed by atoms with E-state index >= 15 is 0 Å². The Balaban J connectivity index is 2.29. The number of carbonyl (C=O) groups excluding carboxylic acids is 2. The zero-order valence-corrected chi connectivity index (χ0v) is 12.4. The Kier molecular flexibility index (Phi) is 6.77. The van der Waals surface area contributed by atoms with Crippen molar-refractivity contribution in [3.8, 4) is 0 Å². The van der Waals surface area contributed by atoms with Crippen LogP contribution in [0.25, 0.3) is 0 Å². The standard InChI is InChI=1S/C16H22O4/c1-4-6-19-15(17)11-16(18)20-7-5-14-9-12(2)8-13(3)10-14/h8-10H,4-7,11H2,1-3H3. The predicted molar refractivity (Wildman–Crippen MR) is 76.4 cm³/mol. The SMILES string of the molecule is CCCOC(=O)CC(=O)OCCc1cc(C)cc(C)c1. The summed E-state index contributed by atoms with van der Waals surface area (Å²) in [6.45, 7) is 6.59. The molecule has 1 rings (SSSR count). The second-order valence-electron chi connectivity index (χ2n) is 4.86. The van der Waals surface area contributed by atoms with Crippen molar-refractivity contribution in [2.45, 2.75) is 40.0 Å². The molecule has 0 heterocycles. The van der Waals surface area contributed by atoms with Crippen molar-refractivity contribution in [2.24, 2.45) is 0 Å². The number of benzene rings is 1. The highest BCUT2D eigenvalue weighted by molar-refractivity contribution is 5.91. The minimum absolute atomic E-state index is 0.281. The van der Waals surface area contributed by atoms with E-state index in [1.807, 2.05) is 20.8 Å². The Morgan fingerprint density at radius 3 is 2.05 bits per heavy atom. The number of hydrogen-bond donors (Lipinski definition) is 0. The lowest BCUT2D eigenvalue weighted by atomic mass is 10.1. The first-order chi connectivity index (χ1) is 9.51. The maximum Gasteiger partial charge on any atom is 0.317 e. The minimum atomic E-state index is -0.532. The summed E-state index contributed by atoms with van der Waals surface area (Å²) in [5, 5.41) is 0. The van der Waals surface area contributed by atoms with Gasteiger partial charge in [-0.2, -0.15) is 0 Å². The predicted octanol–water partition coefficient (Wildman–Crippen LogP) is 2.73. The Morgan fingerprint density at radius 2 is 1.50 bits per heavy atom. The summed E-state index contributed by atoms with van der Waals surface area (Å²) >= 11 is 0. The number of rotatable bonds is 7. The smallest absolute Gasteiger partial charge is 0.317 e. The Hall–Kier alpha value is -1.84. The van der Waals surface area contributed by atoms with Gasteiger partial charge in [0.1, 0.15) is 6.42 Å². The van der Waals surface area contributed by atoms with Gasteiger partial charge in [-0.05, 0) is 25.8 Å². The third-order valence-corrected chi connectivity index (χ3v) is 2.69. The van der Waals surface area contributed by atoms with Crippen molar-refractivity contribution in [3.63, 3.8) is 0 Å². The van der Waals surface area contributed by atoms with E-state index in [0.717, 1.165) is 12.0 Å². The van der Waals surface area contributed by atoms with E-state index in [0.29, 0.717) is 13.0 Å². The van der Waals surface area contributed by atoms with Crippen LogP contribution in [0.5, 0.6) is 0 Å². The van der Waals surface area contributed by atoms with Gasteiger partial charge in [-0.25, -0.2) is 0 Å². The molecule has 0 aliphatic heterocycles. The van der Waals surface area contributed by atoms with E-state index in [-0.39, 0.29) is 13.0 Å². The van der Waals surface area contributed by atoms with Crippen LogP contribution >= 0.6 is 0 Å². The van der Waals surface area contributed by atoms with Gasteiger partial charge in [0.05, 0.1) is 13.2 Å². The number of aryl methyl sites for hydroxylation is 2. The van der Waals surface area contributed by atoms with Gasteiger partial charge >= 0.3 is 11.9 Å². The molecule has 4 heteroatoms. The minimum Gasteiger partial charge on any atom is -0.465 e. The van der Waals surface area contributed by atoms with Gasteiger partial charge in [0.25, 0.3) is 0 Å². The van der Waals surface area contributed by atoms with Crippen molar-refractivity contribution in [2.75, 3.05) is 13.2 Å². The van der Waals surface area contributed by atoms with Crippen LogP contribution in [0.15, 0.2) is 18.2 Å². The molecule has 0 bridgehead atoms. The molecule has 0 aliphatic carbocycles. The molecule has 0 saturated heterocycles. The highest BCUT2D eigenvalue weighted by Crippen LogP contribution is 2.09. The molecule has 20 heavy (non-hydrogen) atoms. The lowest BCUT2D eigenvalue weighted by Crippen LogP contribution is -2.15. The Morgan fingerprint density at radius 1 is 0.950 bits per heavy atom. The van der Waals surface area contributed by atoms with Gasteiger partial charge in [-0.1, -0.05) is 36.2 Å². The fraction of sp³-hybridized carbons (Fsp3) is 0.500. The largest absolute Gasteiger partial charge is 0.465 e. The summed E-state index contributed by atoms with van der Waals surface area (Å²) < 4.78 is 9.85. The van der Waals surface area contributed by atoms with Crippen molar-refractivity contribution in [1.82, 2.24) is 0 Å². The molecule has 0 atom stereocenters. The first-order valence-corrected chi connectivity index (χ1v) is 6.89. The second kappa shape index (κ2) is 8.35. The van der Waals surface area contributed by atoms with Gasteiger partial charge < -0.3 is 9.47 Å². The molecule has 0 aliphatic rings. The molecule has 4 nitrogen and oxygen atoms in total. The molecule has 1 aromatic rings. The maximum atomic E-state index is 11.4. The molecule has 110 valence electrons. The quantitative estimate of drug-likeness (QED) is 0.568. The first kappa shape index (κ1) is 16.2. The number of esters is 2. The third kappa shape index (κ3) is 6.36. The summed E-state index contributed by atoms with van der Waals surface area (Å²) in [5.74, 6) is -1.06. The molecule has 0 aromatic heterocycles. The van der Waals surface area contributed by atoms with Crippen LogP contribution in [0, 0.1) is 13.8 Å². The summed E-state index contributed by atoms with van der Waals surface area (Å²) in [5.41, 5.74) is 3.51. The summed E-state index contributed by atoms with van der Waals surface area (Å²) in [4.78, 5) is 22.6. The van der Waals surface area contributed by atoms with Gasteiger partial charge in [-0.15, -0.1) is 0 Å². The highest BCUT2D eigenvalue weighted by Gasteiger charge is 2.11. The summed E-state index contributed by atoms with van der Waals surface area (Å²) in [6.07, 6.45) is 1.08. The fourth-order valence-electron chi connectivity index (χ4n) is 1.93. The topological polar surface area (TPSA) is 52.6 Å². The van der Waals surface area contributed by atoms with E-state index in [9.17, 15) is 9.59 Å². The molecule has 0 saturated carbocycles. The van der Waals surface area contributed by atoms with Crippen LogP contribution in [0.3, 0.4) is 0 Å². The number of ether oxygens (including phenoxy) is 2. The monoisotopic (exact) mass is 278 g/mol. The van der Waals surface area contributed by atoms with Gasteiger partial charge in [0.2, 0.25) is 0 Å². The van der Waals surface area contributed by atoms with Crippen molar-refractivity contribution >= 4 is 11.9 Å². The summed E-state index contributed by atoms with van der Waals surface area (Å²) in [6, 6.07) is 6.23. The van der Waals surface area contributed by atoms with Crippen LogP contribution in [0.2, 0.25) is 0 Å². The zero-order chi connectivity index (χ0) is 15.0. The van der Waals surface area contributed by atoms with Crippen molar-refractivity contribution in [1.29, 1.82) is 0 Å². The number of hydrogen-bond acceptors (Lipinski definition) is 4. The normalized spacial score (nSPS) is 10.2. The molecule has 0 unspecified atom stereocenters. The molecule has 0 N–H and O–H groups in total. The summed E-state index contributed by atoms with van der Waals surface area (Å²) in [7, 11) is 0. The highest BCUT2D eigenvalue weighted by atomic mass is 16.6. The molecule has 0 amide bonds. The average Bonchev–Trinajstić information content (AvgIpc) is 2.35. The van der Waals surface area contributed by atoms with E-state index in [2.05, 4.69) is 18.2 Å². The molecule has 0 fully saturated rings. The zero-order valence-electron chi connectivity index (χ0n) is 12.4. The van der Waals surface area contributed by atoms with Gasteiger partial charge in [-0.3, -0.25) is 9.59 Å². The van der Waals surface area contributed by atoms with Crippen LogP contribution in [-0.2, 0) is 25.5 Å². The maximum absolute atomic E-state index is 11.4. The average molecular weight is 278 g/mol. The fourth-order valence-corrected chi connectivity index (χ4v) is 1.93. The molecule has 0 radical (unpaired) electrons. The Labute approximate surface area is 120 Å². The first-order valence-electron chi connectivity index (χ1n) is 6.89. The number of carbonyl (C=O) groups is 2. The van der Waals surface area contributed by atoms with Crippen LogP contribution in [0.4, 0.5) is 0 Å². The van der Waals surface area contributed by atoms with Crippen LogP contribution in [0.1, 0.15) is 36.5 Å². The molecular weight excluding hydrogens is 256 g/mol. The third-order valence-electron chi connectivity index (χ3n) is 2.69. The lowest BCUT2D eigenvalue weighted by molar-refractivity contribution is -0.154. The van der Waals surface area contributed by atoms with Gasteiger partial charge in [0, 0.05) is 6.42 Å². The van der Waals surface area contributed by atoms with Gasteiger partial charge in [0.15, 0.2) is 0 Å². The van der Waals surface area contributed by atoms with E-state index in [1.165, 1.54) is 11.1 Å². The molecule has 1 aromatic carbocycles. The van der Waals surface area contributed by atoms with E-state index in [1.54, 1.807) is 0 Å². The van der Waals surface area contributed by atoms with Crippen molar-refractivity contribution < 1.29 is 19.1 Å². The molecule has 0 spiro atoms. The van der Waals surface area contributed by atoms with Crippen LogP contribution < -0.4 is 0 Å². The van der Waals surface area contributed by atoms with Crippen LogP contribution in [-0.4, -0.2) is 25.2 Å². The van der Waals surface area contributed by atoms with Crippen molar-refractivity contribution in [3.05, 3.63) is 34.9 Å². The molecular formula is C16H22O4.